The van der Waals surface area contributed by atoms with E-state index in [4.69, 9.17) is 4.74 Å². The number of hydrogen-bond acceptors (Lipinski definition) is 4. The third-order valence-electron chi connectivity index (χ3n) is 5.18. The Hall–Kier alpha value is -1.36. The maximum absolute atomic E-state index is 12.7. The fourth-order valence-electron chi connectivity index (χ4n) is 3.52. The van der Waals surface area contributed by atoms with E-state index in [0.717, 1.165) is 38.5 Å². The first-order chi connectivity index (χ1) is 13.6. The molecule has 1 aliphatic heterocycles. The summed E-state index contributed by atoms with van der Waals surface area (Å²) in [6, 6.07) is 6.08. The lowest BCUT2D eigenvalue weighted by Gasteiger charge is -2.33. The Morgan fingerprint density at radius 2 is 1.97 bits per heavy atom. The molecule has 1 heterocycles. The van der Waals surface area contributed by atoms with Gasteiger partial charge in [0.2, 0.25) is 0 Å². The van der Waals surface area contributed by atoms with Crippen molar-refractivity contribution in [3.8, 4) is 11.5 Å². The van der Waals surface area contributed by atoms with Crippen molar-refractivity contribution in [2.45, 2.75) is 57.8 Å². The molecule has 0 aromatic heterocycles. The number of alkyl halides is 2. The Labute approximate surface area is 188 Å². The van der Waals surface area contributed by atoms with Gasteiger partial charge in [-0.05, 0) is 44.7 Å². The van der Waals surface area contributed by atoms with Crippen LogP contribution < -0.4 is 20.1 Å². The van der Waals surface area contributed by atoms with Crippen LogP contribution >= 0.6 is 24.0 Å². The summed E-state index contributed by atoms with van der Waals surface area (Å²) in [4.78, 5) is 7.16. The van der Waals surface area contributed by atoms with Gasteiger partial charge < -0.3 is 25.0 Å². The first-order valence-electron chi connectivity index (χ1n) is 9.99. The summed E-state index contributed by atoms with van der Waals surface area (Å²) in [6.45, 7) is 2.32. The number of methoxy groups -OCH3 is 1. The Kier molecular flexibility index (Phi) is 9.67. The summed E-state index contributed by atoms with van der Waals surface area (Å²) in [6.07, 6.45) is 4.85. The predicted molar refractivity (Wildman–Crippen MR) is 121 cm³/mol. The third-order valence-corrected chi connectivity index (χ3v) is 5.18. The summed E-state index contributed by atoms with van der Waals surface area (Å²) < 4.78 is 35.2. The zero-order chi connectivity index (χ0) is 19.9. The Balaban J connectivity index is 0.00000300. The minimum atomic E-state index is -2.89. The van der Waals surface area contributed by atoms with Gasteiger partial charge in [-0.1, -0.05) is 0 Å². The van der Waals surface area contributed by atoms with Crippen LogP contribution in [0, 0.1) is 0 Å². The molecule has 0 bridgehead atoms. The fourth-order valence-corrected chi connectivity index (χ4v) is 3.52. The standard InChI is InChI=1S/C20H30F2N4O2.HI/c1-3-23-20(25-15-8-10-26(11-9-15)16-5-6-16)24-13-14-4-7-17(27-2)12-18(14)28-19(21)22;/h4,7,12,15-16,19H,3,5-6,8-11,13H2,1-2H3,(H2,23,24,25);1H. The van der Waals surface area contributed by atoms with Crippen molar-refractivity contribution in [1.82, 2.24) is 15.5 Å². The maximum Gasteiger partial charge on any atom is 0.387 e. The Bertz CT molecular complexity index is 666. The van der Waals surface area contributed by atoms with E-state index < -0.39 is 6.61 Å². The van der Waals surface area contributed by atoms with E-state index in [1.165, 1.54) is 26.0 Å². The number of guanidine groups is 1. The van der Waals surface area contributed by atoms with Crippen LogP contribution in [0.5, 0.6) is 11.5 Å². The van der Waals surface area contributed by atoms with Crippen molar-refractivity contribution in [2.24, 2.45) is 4.99 Å². The first-order valence-corrected chi connectivity index (χ1v) is 9.99. The molecule has 1 saturated carbocycles. The van der Waals surface area contributed by atoms with E-state index in [0.29, 0.717) is 23.3 Å². The van der Waals surface area contributed by atoms with Gasteiger partial charge in [-0.3, -0.25) is 0 Å². The van der Waals surface area contributed by atoms with Crippen LogP contribution in [-0.2, 0) is 6.54 Å². The Morgan fingerprint density at radius 3 is 2.55 bits per heavy atom. The highest BCUT2D eigenvalue weighted by Gasteiger charge is 2.31. The van der Waals surface area contributed by atoms with Crippen LogP contribution in [-0.4, -0.2) is 56.3 Å². The lowest BCUT2D eigenvalue weighted by molar-refractivity contribution is -0.0505. The van der Waals surface area contributed by atoms with Gasteiger partial charge in [0.15, 0.2) is 5.96 Å². The van der Waals surface area contributed by atoms with Crippen LogP contribution in [0.3, 0.4) is 0 Å². The molecule has 3 rings (SSSR count). The van der Waals surface area contributed by atoms with Gasteiger partial charge in [-0.15, -0.1) is 24.0 Å². The molecular formula is C20H31F2IN4O2. The molecule has 9 heteroatoms. The van der Waals surface area contributed by atoms with E-state index in [1.807, 2.05) is 6.92 Å². The van der Waals surface area contributed by atoms with Crippen molar-refractivity contribution in [3.63, 3.8) is 0 Å². The first kappa shape index (κ1) is 23.9. The number of ether oxygens (including phenoxy) is 2. The van der Waals surface area contributed by atoms with Gasteiger partial charge in [0.1, 0.15) is 11.5 Å². The normalized spacial score (nSPS) is 18.3. The van der Waals surface area contributed by atoms with E-state index in [2.05, 4.69) is 25.3 Å². The number of benzene rings is 1. The highest BCUT2D eigenvalue weighted by atomic mass is 127. The molecule has 0 spiro atoms. The van der Waals surface area contributed by atoms with Crippen LogP contribution in [0.25, 0.3) is 0 Å². The largest absolute Gasteiger partial charge is 0.497 e. The molecule has 1 saturated heterocycles. The van der Waals surface area contributed by atoms with Crippen LogP contribution in [0.1, 0.15) is 38.2 Å². The highest BCUT2D eigenvalue weighted by Crippen LogP contribution is 2.29. The van der Waals surface area contributed by atoms with Crippen molar-refractivity contribution in [3.05, 3.63) is 23.8 Å². The van der Waals surface area contributed by atoms with Gasteiger partial charge in [0.05, 0.1) is 13.7 Å². The summed E-state index contributed by atoms with van der Waals surface area (Å²) in [5, 5.41) is 6.73. The van der Waals surface area contributed by atoms with E-state index in [9.17, 15) is 8.78 Å². The number of halogens is 3. The Morgan fingerprint density at radius 1 is 1.24 bits per heavy atom. The molecule has 1 aromatic carbocycles. The quantitative estimate of drug-likeness (QED) is 0.310. The zero-order valence-electron chi connectivity index (χ0n) is 17.0. The summed E-state index contributed by atoms with van der Waals surface area (Å²) in [7, 11) is 1.49. The van der Waals surface area contributed by atoms with Gasteiger partial charge >= 0.3 is 6.61 Å². The number of aliphatic imine (C=N–C) groups is 1. The summed E-state index contributed by atoms with van der Waals surface area (Å²) in [5.74, 6) is 1.26. The van der Waals surface area contributed by atoms with Crippen molar-refractivity contribution in [2.75, 3.05) is 26.7 Å². The molecule has 1 aliphatic carbocycles. The molecule has 0 unspecified atom stereocenters. The number of likely N-dealkylation sites (tertiary alicyclic amines) is 1. The summed E-state index contributed by atoms with van der Waals surface area (Å²) in [5.41, 5.74) is 0.585. The molecule has 0 radical (unpaired) electrons. The number of piperidine rings is 1. The molecule has 6 nitrogen and oxygen atoms in total. The molecule has 164 valence electrons. The van der Waals surface area contributed by atoms with Gasteiger partial charge in [0.25, 0.3) is 0 Å². The lowest BCUT2D eigenvalue weighted by Crippen LogP contribution is -2.49. The molecular weight excluding hydrogens is 493 g/mol. The minimum absolute atomic E-state index is 0. The van der Waals surface area contributed by atoms with Crippen molar-refractivity contribution >= 4 is 29.9 Å². The average molecular weight is 524 g/mol. The molecule has 0 amide bonds. The number of hydrogen-bond donors (Lipinski definition) is 2. The zero-order valence-corrected chi connectivity index (χ0v) is 19.3. The van der Waals surface area contributed by atoms with Crippen molar-refractivity contribution < 1.29 is 18.3 Å². The fraction of sp³-hybridized carbons (Fsp3) is 0.650. The van der Waals surface area contributed by atoms with Crippen LogP contribution in [0.15, 0.2) is 23.2 Å². The van der Waals surface area contributed by atoms with Crippen LogP contribution in [0.4, 0.5) is 8.78 Å². The SMILES string of the molecule is CCNC(=NCc1ccc(OC)cc1OC(F)F)NC1CCN(C2CC2)CC1.I. The molecule has 2 aliphatic rings. The van der Waals surface area contributed by atoms with Gasteiger partial charge in [-0.25, -0.2) is 4.99 Å². The molecule has 29 heavy (non-hydrogen) atoms. The van der Waals surface area contributed by atoms with Gasteiger partial charge in [0, 0.05) is 43.3 Å². The second-order valence-corrected chi connectivity index (χ2v) is 7.23. The van der Waals surface area contributed by atoms with E-state index in [-0.39, 0.29) is 36.3 Å². The topological polar surface area (TPSA) is 58.1 Å². The molecule has 2 fully saturated rings. The average Bonchev–Trinajstić information content (AvgIpc) is 3.52. The predicted octanol–water partition coefficient (Wildman–Crippen LogP) is 3.60. The second-order valence-electron chi connectivity index (χ2n) is 7.23. The number of rotatable bonds is 8. The lowest BCUT2D eigenvalue weighted by atomic mass is 10.1. The number of nitrogens with one attached hydrogen (secondary N) is 2. The highest BCUT2D eigenvalue weighted by molar-refractivity contribution is 14.0. The van der Waals surface area contributed by atoms with Crippen LogP contribution in [0.2, 0.25) is 0 Å². The number of nitrogens with zero attached hydrogens (tertiary/aromatic N) is 2. The smallest absolute Gasteiger partial charge is 0.387 e. The summed E-state index contributed by atoms with van der Waals surface area (Å²) >= 11 is 0. The monoisotopic (exact) mass is 524 g/mol. The molecule has 1 aromatic rings. The second kappa shape index (κ2) is 11.7. The minimum Gasteiger partial charge on any atom is -0.497 e. The van der Waals surface area contributed by atoms with E-state index >= 15 is 0 Å². The maximum atomic E-state index is 12.7. The molecule has 0 atom stereocenters. The van der Waals surface area contributed by atoms with E-state index in [1.54, 1.807) is 12.1 Å². The molecule has 2 N–H and O–H groups in total. The third kappa shape index (κ3) is 7.44. The van der Waals surface area contributed by atoms with Gasteiger partial charge in [-0.2, -0.15) is 8.78 Å². The van der Waals surface area contributed by atoms with Crippen molar-refractivity contribution in [1.29, 1.82) is 0 Å².